The maximum atomic E-state index is 5.80. The van der Waals surface area contributed by atoms with Crippen LogP contribution in [-0.4, -0.2) is 4.98 Å². The Kier molecular flexibility index (Phi) is 7.72. The van der Waals surface area contributed by atoms with Crippen molar-refractivity contribution in [2.24, 2.45) is 0 Å². The number of nitrogens with zero attached hydrogens (tertiary/aromatic N) is 1. The lowest BCUT2D eigenvalue weighted by atomic mass is 10.2. The molecule has 2 rings (SSSR count). The number of hydrogen-bond donors (Lipinski definition) is 1. The van der Waals surface area contributed by atoms with Gasteiger partial charge < -0.3 is 5.32 Å². The van der Waals surface area contributed by atoms with Gasteiger partial charge >= 0.3 is 0 Å². The summed E-state index contributed by atoms with van der Waals surface area (Å²) in [6.07, 6.45) is 3.56. The fraction of sp³-hybridized carbons (Fsp3) is 0.0833. The van der Waals surface area contributed by atoms with Crippen molar-refractivity contribution >= 4 is 42.1 Å². The van der Waals surface area contributed by atoms with E-state index in [1.165, 1.54) is 5.56 Å². The smallest absolute Gasteiger partial charge is 0.0529 e. The molecule has 0 spiro atoms. The lowest BCUT2D eigenvalue weighted by Crippen LogP contribution is -1.98. The second kappa shape index (κ2) is 8.18. The molecule has 17 heavy (non-hydrogen) atoms. The van der Waals surface area contributed by atoms with Gasteiger partial charge in [0.25, 0.3) is 0 Å². The Morgan fingerprint density at radius 2 is 1.76 bits per heavy atom. The molecule has 0 fully saturated rings. The predicted octanol–water partition coefficient (Wildman–Crippen LogP) is 4.19. The molecule has 5 heteroatoms. The fourth-order valence-corrected chi connectivity index (χ4v) is 1.40. The largest absolute Gasteiger partial charge is 0.380 e. The van der Waals surface area contributed by atoms with Crippen molar-refractivity contribution in [3.63, 3.8) is 0 Å². The van der Waals surface area contributed by atoms with Gasteiger partial charge in [0.15, 0.2) is 0 Å². The van der Waals surface area contributed by atoms with Crippen molar-refractivity contribution in [2.75, 3.05) is 5.32 Å². The van der Waals surface area contributed by atoms with E-state index >= 15 is 0 Å². The van der Waals surface area contributed by atoms with Gasteiger partial charge in [-0.2, -0.15) is 0 Å². The van der Waals surface area contributed by atoms with Crippen LogP contribution in [-0.2, 0) is 6.54 Å². The molecule has 1 aromatic heterocycles. The summed E-state index contributed by atoms with van der Waals surface area (Å²) < 4.78 is 0. The first-order chi connectivity index (χ1) is 7.34. The molecule has 0 atom stereocenters. The van der Waals surface area contributed by atoms with Gasteiger partial charge in [0, 0.05) is 24.0 Å². The van der Waals surface area contributed by atoms with Gasteiger partial charge in [0.05, 0.1) is 5.69 Å². The second-order valence-electron chi connectivity index (χ2n) is 3.22. The van der Waals surface area contributed by atoms with Crippen LogP contribution >= 0.6 is 36.4 Å². The summed E-state index contributed by atoms with van der Waals surface area (Å²) in [4.78, 5) is 4.03. The van der Waals surface area contributed by atoms with Crippen LogP contribution in [0.2, 0.25) is 5.02 Å². The first-order valence-electron chi connectivity index (χ1n) is 4.73. The molecule has 0 unspecified atom stereocenters. The van der Waals surface area contributed by atoms with E-state index in [4.69, 9.17) is 11.6 Å². The van der Waals surface area contributed by atoms with E-state index in [1.54, 1.807) is 12.4 Å². The van der Waals surface area contributed by atoms with Gasteiger partial charge in [-0.25, -0.2) is 0 Å². The Labute approximate surface area is 118 Å². The zero-order valence-electron chi connectivity index (χ0n) is 8.97. The molecule has 0 radical (unpaired) electrons. The molecule has 92 valence electrons. The highest BCUT2D eigenvalue weighted by Gasteiger charge is 1.93. The van der Waals surface area contributed by atoms with Crippen molar-refractivity contribution in [3.05, 3.63) is 59.4 Å². The van der Waals surface area contributed by atoms with Crippen molar-refractivity contribution in [2.45, 2.75) is 6.54 Å². The van der Waals surface area contributed by atoms with Gasteiger partial charge in [-0.1, -0.05) is 23.7 Å². The van der Waals surface area contributed by atoms with Crippen molar-refractivity contribution in [1.82, 2.24) is 4.98 Å². The molecule has 0 aliphatic rings. The number of rotatable bonds is 3. The van der Waals surface area contributed by atoms with Gasteiger partial charge in [0.1, 0.15) is 0 Å². The molecule has 0 bridgehead atoms. The fourth-order valence-electron chi connectivity index (χ4n) is 1.27. The topological polar surface area (TPSA) is 24.9 Å². The zero-order chi connectivity index (χ0) is 10.5. The third-order valence-electron chi connectivity index (χ3n) is 2.07. The summed E-state index contributed by atoms with van der Waals surface area (Å²) >= 11 is 5.80. The van der Waals surface area contributed by atoms with E-state index in [9.17, 15) is 0 Å². The number of halogens is 3. The van der Waals surface area contributed by atoms with E-state index < -0.39 is 0 Å². The first kappa shape index (κ1) is 16.0. The molecule has 1 heterocycles. The summed E-state index contributed by atoms with van der Waals surface area (Å²) in [6, 6.07) is 11.7. The Morgan fingerprint density at radius 3 is 2.35 bits per heavy atom. The summed E-state index contributed by atoms with van der Waals surface area (Å²) in [6.45, 7) is 0.781. The Balaban J connectivity index is 0.00000128. The molecule has 0 amide bonds. The molecule has 2 aromatic rings. The van der Waals surface area contributed by atoms with Crippen LogP contribution in [0.5, 0.6) is 0 Å². The summed E-state index contributed by atoms with van der Waals surface area (Å²) in [5, 5.41) is 4.04. The molecule has 0 saturated carbocycles. The van der Waals surface area contributed by atoms with E-state index in [0.717, 1.165) is 17.3 Å². The standard InChI is InChI=1S/C12H11ClN2.2ClH/c13-11-5-3-10(4-6-11)8-15-12-2-1-7-14-9-12;;/h1-7,9,15H,8H2;2*1H. The maximum absolute atomic E-state index is 5.80. The minimum Gasteiger partial charge on any atom is -0.380 e. The monoisotopic (exact) mass is 290 g/mol. The van der Waals surface area contributed by atoms with Crippen LogP contribution in [0.1, 0.15) is 5.56 Å². The van der Waals surface area contributed by atoms with Crippen molar-refractivity contribution in [1.29, 1.82) is 0 Å². The Bertz CT molecular complexity index is 418. The number of anilines is 1. The lowest BCUT2D eigenvalue weighted by molar-refractivity contribution is 1.14. The summed E-state index contributed by atoms with van der Waals surface area (Å²) in [7, 11) is 0. The third-order valence-corrected chi connectivity index (χ3v) is 2.32. The maximum Gasteiger partial charge on any atom is 0.0529 e. The highest BCUT2D eigenvalue weighted by atomic mass is 35.5. The third kappa shape index (κ3) is 5.26. The van der Waals surface area contributed by atoms with Gasteiger partial charge in [0.2, 0.25) is 0 Å². The molecule has 0 aliphatic heterocycles. The van der Waals surface area contributed by atoms with Crippen molar-refractivity contribution < 1.29 is 0 Å². The van der Waals surface area contributed by atoms with Gasteiger partial charge in [-0.15, -0.1) is 24.8 Å². The number of pyridine rings is 1. The highest BCUT2D eigenvalue weighted by Crippen LogP contribution is 2.11. The van der Waals surface area contributed by atoms with Crippen LogP contribution < -0.4 is 5.32 Å². The van der Waals surface area contributed by atoms with Gasteiger partial charge in [-0.3, -0.25) is 4.98 Å². The molecule has 0 aliphatic carbocycles. The molecule has 1 N–H and O–H groups in total. The van der Waals surface area contributed by atoms with Crippen LogP contribution in [0.3, 0.4) is 0 Å². The number of aromatic nitrogens is 1. The van der Waals surface area contributed by atoms with E-state index in [2.05, 4.69) is 10.3 Å². The number of nitrogens with one attached hydrogen (secondary N) is 1. The summed E-state index contributed by atoms with van der Waals surface area (Å²) in [5.74, 6) is 0. The summed E-state index contributed by atoms with van der Waals surface area (Å²) in [5.41, 5.74) is 2.22. The zero-order valence-corrected chi connectivity index (χ0v) is 11.4. The predicted molar refractivity (Wildman–Crippen MR) is 77.5 cm³/mol. The molecular weight excluding hydrogens is 279 g/mol. The first-order valence-corrected chi connectivity index (χ1v) is 5.11. The molecule has 2 nitrogen and oxygen atoms in total. The average Bonchev–Trinajstić information content (AvgIpc) is 2.30. The normalized spacial score (nSPS) is 8.76. The average molecular weight is 292 g/mol. The second-order valence-corrected chi connectivity index (χ2v) is 3.66. The SMILES string of the molecule is Cl.Cl.Clc1ccc(CNc2cccnc2)cc1. The van der Waals surface area contributed by atoms with E-state index in [-0.39, 0.29) is 24.8 Å². The Hall–Kier alpha value is -0.960. The number of hydrogen-bond acceptors (Lipinski definition) is 2. The van der Waals surface area contributed by atoms with Crippen molar-refractivity contribution in [3.8, 4) is 0 Å². The molecule has 1 aromatic carbocycles. The minimum atomic E-state index is 0. The van der Waals surface area contributed by atoms with Crippen LogP contribution in [0, 0.1) is 0 Å². The van der Waals surface area contributed by atoms with E-state index in [1.807, 2.05) is 36.4 Å². The highest BCUT2D eigenvalue weighted by molar-refractivity contribution is 6.30. The minimum absolute atomic E-state index is 0. The Morgan fingerprint density at radius 1 is 1.06 bits per heavy atom. The molecular formula is C12H13Cl3N2. The van der Waals surface area contributed by atoms with Crippen LogP contribution in [0.25, 0.3) is 0 Å². The lowest BCUT2D eigenvalue weighted by Gasteiger charge is -2.05. The van der Waals surface area contributed by atoms with Crippen LogP contribution in [0.15, 0.2) is 48.8 Å². The van der Waals surface area contributed by atoms with Crippen LogP contribution in [0.4, 0.5) is 5.69 Å². The molecule has 0 saturated heterocycles. The van der Waals surface area contributed by atoms with E-state index in [0.29, 0.717) is 0 Å². The number of benzene rings is 1. The quantitative estimate of drug-likeness (QED) is 0.917. The van der Waals surface area contributed by atoms with Gasteiger partial charge in [-0.05, 0) is 29.8 Å².